The van der Waals surface area contributed by atoms with Crippen molar-refractivity contribution in [1.29, 1.82) is 0 Å². The molecule has 1 heterocycles. The van der Waals surface area contributed by atoms with Gasteiger partial charge in [-0.1, -0.05) is 23.2 Å². The van der Waals surface area contributed by atoms with E-state index in [9.17, 15) is 14.0 Å². The average Bonchev–Trinajstić information content (AvgIpc) is 3.35. The molecule has 4 rings (SSSR count). The van der Waals surface area contributed by atoms with Crippen molar-refractivity contribution in [3.05, 3.63) is 64.1 Å². The number of rotatable bonds is 6. The van der Waals surface area contributed by atoms with Gasteiger partial charge in [0.05, 0.1) is 5.02 Å². The number of hydrogen-bond acceptors (Lipinski definition) is 4. The Bertz CT molecular complexity index is 1130. The Morgan fingerprint density at radius 3 is 2.61 bits per heavy atom. The van der Waals surface area contributed by atoms with Crippen LogP contribution in [0.25, 0.3) is 11.0 Å². The third kappa shape index (κ3) is 5.29. The van der Waals surface area contributed by atoms with E-state index in [-0.39, 0.29) is 47.0 Å². The molecule has 1 aromatic heterocycles. The second-order valence-electron chi connectivity index (χ2n) is 7.41. The van der Waals surface area contributed by atoms with Crippen molar-refractivity contribution < 1.29 is 23.1 Å². The highest BCUT2D eigenvalue weighted by atomic mass is 35.5. The van der Waals surface area contributed by atoms with E-state index >= 15 is 0 Å². The molecule has 0 spiro atoms. The number of ether oxygens (including phenoxy) is 1. The third-order valence-corrected chi connectivity index (χ3v) is 5.64. The molecule has 0 unspecified atom stereocenters. The fourth-order valence-electron chi connectivity index (χ4n) is 3.61. The van der Waals surface area contributed by atoms with Gasteiger partial charge < -0.3 is 19.8 Å². The van der Waals surface area contributed by atoms with E-state index in [0.717, 1.165) is 24.3 Å². The molecule has 2 aromatic carbocycles. The molecule has 1 saturated carbocycles. The molecule has 0 radical (unpaired) electrons. The van der Waals surface area contributed by atoms with Gasteiger partial charge >= 0.3 is 0 Å². The van der Waals surface area contributed by atoms with E-state index in [1.54, 1.807) is 24.3 Å². The molecule has 1 fully saturated rings. The van der Waals surface area contributed by atoms with Crippen molar-refractivity contribution in [1.82, 2.24) is 10.6 Å². The number of nitrogens with one attached hydrogen (secondary N) is 2. The normalized spacial score (nSPS) is 18.2. The van der Waals surface area contributed by atoms with Gasteiger partial charge in [0.15, 0.2) is 12.4 Å². The smallest absolute Gasteiger partial charge is 0.287 e. The molecule has 31 heavy (non-hydrogen) atoms. The first kappa shape index (κ1) is 21.5. The van der Waals surface area contributed by atoms with Crippen LogP contribution in [0.1, 0.15) is 29.8 Å². The zero-order valence-electron chi connectivity index (χ0n) is 16.3. The Kier molecular flexibility index (Phi) is 6.34. The lowest BCUT2D eigenvalue weighted by Crippen LogP contribution is -2.38. The maximum absolute atomic E-state index is 13.4. The molecule has 3 aromatic rings. The fourth-order valence-corrected chi connectivity index (χ4v) is 3.91. The first-order valence-corrected chi connectivity index (χ1v) is 10.5. The molecule has 9 heteroatoms. The number of carbonyl (C=O) groups excluding carboxylic acids is 2. The molecule has 0 aliphatic heterocycles. The van der Waals surface area contributed by atoms with Crippen LogP contribution in [-0.2, 0) is 4.79 Å². The van der Waals surface area contributed by atoms with Crippen LogP contribution >= 0.6 is 23.2 Å². The van der Waals surface area contributed by atoms with Crippen LogP contribution in [0, 0.1) is 5.82 Å². The summed E-state index contributed by atoms with van der Waals surface area (Å²) in [5.41, 5.74) is 0.590. The van der Waals surface area contributed by atoms with E-state index < -0.39 is 5.82 Å². The van der Waals surface area contributed by atoms with Gasteiger partial charge in [0, 0.05) is 28.6 Å². The predicted octanol–water partition coefficient (Wildman–Crippen LogP) is 4.72. The van der Waals surface area contributed by atoms with Crippen molar-refractivity contribution in [2.75, 3.05) is 6.61 Å². The SMILES string of the molecule is O=C(COc1ccc(Cl)c(F)c1)N[C@@H]1CC[C@H](NC(=O)c2cc3cc(Cl)ccc3o2)C1. The molecule has 1 aliphatic carbocycles. The zero-order valence-corrected chi connectivity index (χ0v) is 17.8. The highest BCUT2D eigenvalue weighted by molar-refractivity contribution is 6.31. The van der Waals surface area contributed by atoms with Gasteiger partial charge in [0.25, 0.3) is 11.8 Å². The van der Waals surface area contributed by atoms with Gasteiger partial charge in [0.1, 0.15) is 17.1 Å². The van der Waals surface area contributed by atoms with Crippen LogP contribution in [0.3, 0.4) is 0 Å². The van der Waals surface area contributed by atoms with E-state index in [1.165, 1.54) is 12.1 Å². The summed E-state index contributed by atoms with van der Waals surface area (Å²) in [6.07, 6.45) is 2.05. The summed E-state index contributed by atoms with van der Waals surface area (Å²) in [6, 6.07) is 10.6. The van der Waals surface area contributed by atoms with Crippen molar-refractivity contribution in [2.24, 2.45) is 0 Å². The second kappa shape index (κ2) is 9.16. The highest BCUT2D eigenvalue weighted by Gasteiger charge is 2.28. The maximum atomic E-state index is 13.4. The molecular weight excluding hydrogens is 446 g/mol. The number of amides is 2. The summed E-state index contributed by atoms with van der Waals surface area (Å²) in [5, 5.41) is 7.13. The van der Waals surface area contributed by atoms with Crippen LogP contribution in [0.4, 0.5) is 4.39 Å². The number of fused-ring (bicyclic) bond motifs is 1. The lowest BCUT2D eigenvalue weighted by atomic mass is 10.2. The molecule has 1 aliphatic rings. The molecule has 2 amide bonds. The van der Waals surface area contributed by atoms with Crippen LogP contribution < -0.4 is 15.4 Å². The first-order chi connectivity index (χ1) is 14.9. The molecule has 2 atom stereocenters. The van der Waals surface area contributed by atoms with E-state index in [1.807, 2.05) is 0 Å². The first-order valence-electron chi connectivity index (χ1n) is 9.74. The second-order valence-corrected chi connectivity index (χ2v) is 8.25. The molecule has 162 valence electrons. The fraction of sp³-hybridized carbons (Fsp3) is 0.273. The minimum absolute atomic E-state index is 0.0118. The number of furan rings is 1. The largest absolute Gasteiger partial charge is 0.484 e. The van der Waals surface area contributed by atoms with E-state index in [2.05, 4.69) is 10.6 Å². The number of halogens is 3. The number of hydrogen-bond donors (Lipinski definition) is 2. The Hall–Kier alpha value is -2.77. The van der Waals surface area contributed by atoms with Crippen LogP contribution in [0.5, 0.6) is 5.75 Å². The summed E-state index contributed by atoms with van der Waals surface area (Å²) in [7, 11) is 0. The number of carbonyl (C=O) groups is 2. The Morgan fingerprint density at radius 1 is 1.06 bits per heavy atom. The summed E-state index contributed by atoms with van der Waals surface area (Å²) in [6.45, 7) is -0.240. The van der Waals surface area contributed by atoms with Gasteiger partial charge in [0.2, 0.25) is 0 Å². The van der Waals surface area contributed by atoms with Gasteiger partial charge in [-0.15, -0.1) is 0 Å². The van der Waals surface area contributed by atoms with Crippen molar-refractivity contribution in [3.8, 4) is 5.75 Å². The van der Waals surface area contributed by atoms with E-state index in [0.29, 0.717) is 17.0 Å². The van der Waals surface area contributed by atoms with Gasteiger partial charge in [-0.05, 0) is 55.7 Å². The predicted molar refractivity (Wildman–Crippen MR) is 115 cm³/mol. The molecule has 6 nitrogen and oxygen atoms in total. The van der Waals surface area contributed by atoms with Crippen LogP contribution in [0.15, 0.2) is 46.9 Å². The number of benzene rings is 2. The summed E-state index contributed by atoms with van der Waals surface area (Å²) in [4.78, 5) is 24.6. The summed E-state index contributed by atoms with van der Waals surface area (Å²) >= 11 is 11.6. The topological polar surface area (TPSA) is 80.6 Å². The Balaban J connectivity index is 1.25. The van der Waals surface area contributed by atoms with Crippen molar-refractivity contribution >= 4 is 46.0 Å². The van der Waals surface area contributed by atoms with Crippen molar-refractivity contribution in [2.45, 2.75) is 31.3 Å². The molecule has 2 N–H and O–H groups in total. The van der Waals surface area contributed by atoms with Crippen LogP contribution in [-0.4, -0.2) is 30.5 Å². The van der Waals surface area contributed by atoms with Crippen LogP contribution in [0.2, 0.25) is 10.0 Å². The minimum atomic E-state index is -0.610. The van der Waals surface area contributed by atoms with Gasteiger partial charge in [-0.25, -0.2) is 4.39 Å². The lowest BCUT2D eigenvalue weighted by Gasteiger charge is -2.14. The summed E-state index contributed by atoms with van der Waals surface area (Å²) in [5.74, 6) is -0.797. The maximum Gasteiger partial charge on any atom is 0.287 e. The van der Waals surface area contributed by atoms with Gasteiger partial charge in [-0.2, -0.15) is 0 Å². The zero-order chi connectivity index (χ0) is 22.0. The Morgan fingerprint density at radius 2 is 1.84 bits per heavy atom. The minimum Gasteiger partial charge on any atom is -0.484 e. The monoisotopic (exact) mass is 464 g/mol. The quantitative estimate of drug-likeness (QED) is 0.552. The average molecular weight is 465 g/mol. The molecular formula is C22H19Cl2FN2O4. The standard InChI is InChI=1S/C22H19Cl2FN2O4/c23-13-1-6-19-12(7-13)8-20(31-19)22(29)27-15-3-2-14(9-15)26-21(28)11-30-16-4-5-17(24)18(25)10-16/h1,4-8,10,14-15H,2-3,9,11H2,(H,26,28)(H,27,29)/t14-,15+/m1/s1. The van der Waals surface area contributed by atoms with E-state index in [4.69, 9.17) is 32.4 Å². The molecule has 0 bridgehead atoms. The Labute approximate surface area is 187 Å². The highest BCUT2D eigenvalue weighted by Crippen LogP contribution is 2.25. The summed E-state index contributed by atoms with van der Waals surface area (Å²) < 4.78 is 24.3. The third-order valence-electron chi connectivity index (χ3n) is 5.10. The lowest BCUT2D eigenvalue weighted by molar-refractivity contribution is -0.123. The van der Waals surface area contributed by atoms with Gasteiger partial charge in [-0.3, -0.25) is 9.59 Å². The molecule has 0 saturated heterocycles. The van der Waals surface area contributed by atoms with Crippen molar-refractivity contribution in [3.63, 3.8) is 0 Å².